The van der Waals surface area contributed by atoms with Gasteiger partial charge in [-0.3, -0.25) is 4.79 Å². The van der Waals surface area contributed by atoms with Gasteiger partial charge < -0.3 is 15.4 Å². The number of hydrogen-bond donors (Lipinski definition) is 1. The predicted molar refractivity (Wildman–Crippen MR) is 127 cm³/mol. The van der Waals surface area contributed by atoms with E-state index in [1.165, 1.54) is 23.9 Å². The van der Waals surface area contributed by atoms with Crippen LogP contribution in [0.25, 0.3) is 22.2 Å². The zero-order chi connectivity index (χ0) is 23.4. The normalized spacial score (nSPS) is 14.2. The van der Waals surface area contributed by atoms with E-state index in [4.69, 9.17) is 5.73 Å². The Balaban J connectivity index is 1.99. The van der Waals surface area contributed by atoms with Crippen molar-refractivity contribution in [3.8, 4) is 17.1 Å². The van der Waals surface area contributed by atoms with Crippen molar-refractivity contribution in [3.05, 3.63) is 73.4 Å². The van der Waals surface area contributed by atoms with Gasteiger partial charge in [-0.25, -0.2) is 18.5 Å². The summed E-state index contributed by atoms with van der Waals surface area (Å²) in [5.41, 5.74) is 6.61. The monoisotopic (exact) mass is 560 g/mol. The van der Waals surface area contributed by atoms with Gasteiger partial charge in [0.05, 0.1) is 22.6 Å². The SMILES string of the molecule is Cn1c([O-])c(F)c(=Nc2ccc(I)cc2F)c2c(=O)n(C3CC3)nc(-c3cccc(N)c3)c21. The molecule has 33 heavy (non-hydrogen) atoms. The fourth-order valence-corrected chi connectivity index (χ4v) is 4.23. The van der Waals surface area contributed by atoms with Crippen LogP contribution in [0.15, 0.2) is 52.3 Å². The fourth-order valence-electron chi connectivity index (χ4n) is 3.78. The van der Waals surface area contributed by atoms with Crippen molar-refractivity contribution in [3.63, 3.8) is 0 Å². The number of fused-ring (bicyclic) bond motifs is 1. The van der Waals surface area contributed by atoms with E-state index in [-0.39, 0.29) is 22.6 Å². The second-order valence-electron chi connectivity index (χ2n) is 7.91. The lowest BCUT2D eigenvalue weighted by atomic mass is 10.1. The third-order valence-electron chi connectivity index (χ3n) is 5.56. The molecule has 0 saturated heterocycles. The minimum absolute atomic E-state index is 0.110. The average molecular weight is 560 g/mol. The molecule has 4 aromatic rings. The van der Waals surface area contributed by atoms with Crippen LogP contribution in [0.1, 0.15) is 18.9 Å². The van der Waals surface area contributed by atoms with Crippen molar-refractivity contribution in [2.75, 3.05) is 5.73 Å². The molecule has 1 aliphatic carbocycles. The van der Waals surface area contributed by atoms with Crippen molar-refractivity contribution in [1.29, 1.82) is 0 Å². The summed E-state index contributed by atoms with van der Waals surface area (Å²) >= 11 is 1.94. The van der Waals surface area contributed by atoms with Crippen molar-refractivity contribution < 1.29 is 13.9 Å². The lowest BCUT2D eigenvalue weighted by Crippen LogP contribution is -2.31. The number of pyridine rings is 1. The van der Waals surface area contributed by atoms with E-state index in [1.807, 2.05) is 22.6 Å². The van der Waals surface area contributed by atoms with Crippen LogP contribution in [0.2, 0.25) is 0 Å². The van der Waals surface area contributed by atoms with Crippen LogP contribution < -0.4 is 21.8 Å². The molecule has 0 atom stereocenters. The Bertz CT molecular complexity index is 1570. The zero-order valence-electron chi connectivity index (χ0n) is 17.3. The van der Waals surface area contributed by atoms with Crippen LogP contribution >= 0.6 is 22.6 Å². The number of nitrogen functional groups attached to an aromatic ring is 1. The van der Waals surface area contributed by atoms with Gasteiger partial charge in [-0.1, -0.05) is 12.1 Å². The van der Waals surface area contributed by atoms with Gasteiger partial charge in [-0.2, -0.15) is 5.10 Å². The molecule has 0 unspecified atom stereocenters. The summed E-state index contributed by atoms with van der Waals surface area (Å²) in [6, 6.07) is 10.9. The highest BCUT2D eigenvalue weighted by Crippen LogP contribution is 2.35. The third kappa shape index (κ3) is 3.67. The highest BCUT2D eigenvalue weighted by atomic mass is 127. The molecule has 2 aromatic carbocycles. The number of aryl methyl sites for hydroxylation is 1. The summed E-state index contributed by atoms with van der Waals surface area (Å²) < 4.78 is 32.8. The Morgan fingerprint density at radius 2 is 1.97 bits per heavy atom. The minimum atomic E-state index is -1.23. The maximum atomic E-state index is 15.3. The molecule has 2 heterocycles. The largest absolute Gasteiger partial charge is 0.858 e. The van der Waals surface area contributed by atoms with Crippen LogP contribution in [0, 0.1) is 15.2 Å². The van der Waals surface area contributed by atoms with Crippen molar-refractivity contribution in [2.45, 2.75) is 18.9 Å². The molecular formula is C23H17F2IN5O2-. The van der Waals surface area contributed by atoms with Gasteiger partial charge >= 0.3 is 0 Å². The Kier molecular flexibility index (Phi) is 5.19. The first kappa shape index (κ1) is 21.6. The highest BCUT2D eigenvalue weighted by molar-refractivity contribution is 14.1. The second kappa shape index (κ2) is 7.94. The molecule has 5 rings (SSSR count). The van der Waals surface area contributed by atoms with Gasteiger partial charge in [0.2, 0.25) is 0 Å². The van der Waals surface area contributed by atoms with E-state index >= 15 is 4.39 Å². The first-order valence-corrected chi connectivity index (χ1v) is 11.2. The molecule has 1 aliphatic rings. The second-order valence-corrected chi connectivity index (χ2v) is 9.16. The molecule has 0 spiro atoms. The van der Waals surface area contributed by atoms with Crippen LogP contribution in [-0.2, 0) is 7.05 Å². The molecule has 7 nitrogen and oxygen atoms in total. The number of nitrogens with zero attached hydrogens (tertiary/aromatic N) is 4. The topological polar surface area (TPSA) is 101 Å². The molecule has 1 fully saturated rings. The van der Waals surface area contributed by atoms with Crippen LogP contribution in [0.3, 0.4) is 0 Å². The molecular weight excluding hydrogens is 543 g/mol. The molecule has 0 aliphatic heterocycles. The van der Waals surface area contributed by atoms with Crippen molar-refractivity contribution in [2.24, 2.45) is 12.0 Å². The molecule has 0 amide bonds. The maximum Gasteiger partial charge on any atom is 0.278 e. The summed E-state index contributed by atoms with van der Waals surface area (Å²) in [5, 5.41) is 16.7. The lowest BCUT2D eigenvalue weighted by Gasteiger charge is -2.21. The number of rotatable bonds is 3. The molecule has 168 valence electrons. The smallest absolute Gasteiger partial charge is 0.278 e. The minimum Gasteiger partial charge on any atom is -0.858 e. The number of hydrogen-bond acceptors (Lipinski definition) is 5. The Morgan fingerprint density at radius 3 is 2.64 bits per heavy atom. The zero-order valence-corrected chi connectivity index (χ0v) is 19.5. The van der Waals surface area contributed by atoms with E-state index in [0.29, 0.717) is 20.5 Å². The van der Waals surface area contributed by atoms with E-state index in [1.54, 1.807) is 30.3 Å². The molecule has 10 heteroatoms. The highest BCUT2D eigenvalue weighted by Gasteiger charge is 2.29. The van der Waals surface area contributed by atoms with Gasteiger partial charge in [-0.05, 0) is 65.8 Å². The molecule has 0 bridgehead atoms. The Morgan fingerprint density at radius 1 is 1.21 bits per heavy atom. The number of anilines is 1. The summed E-state index contributed by atoms with van der Waals surface area (Å²) in [6.07, 6.45) is 1.50. The quantitative estimate of drug-likeness (QED) is 0.306. The van der Waals surface area contributed by atoms with Crippen LogP contribution in [0.4, 0.5) is 20.2 Å². The fraction of sp³-hybridized carbons (Fsp3) is 0.174. The van der Waals surface area contributed by atoms with Gasteiger partial charge in [0.1, 0.15) is 16.9 Å². The number of nitrogens with two attached hydrogens (primary N) is 1. The predicted octanol–water partition coefficient (Wildman–Crippen LogP) is 3.51. The maximum absolute atomic E-state index is 15.3. The summed E-state index contributed by atoms with van der Waals surface area (Å²) in [7, 11) is 1.36. The third-order valence-corrected chi connectivity index (χ3v) is 6.23. The van der Waals surface area contributed by atoms with Crippen LogP contribution in [0.5, 0.6) is 5.88 Å². The molecule has 2 N–H and O–H groups in total. The van der Waals surface area contributed by atoms with E-state index in [9.17, 15) is 14.3 Å². The Hall–Kier alpha value is -3.28. The van der Waals surface area contributed by atoms with Gasteiger partial charge in [-0.15, -0.1) is 0 Å². The van der Waals surface area contributed by atoms with Gasteiger partial charge in [0.15, 0.2) is 5.82 Å². The molecule has 1 saturated carbocycles. The average Bonchev–Trinajstić information content (AvgIpc) is 3.62. The first-order valence-electron chi connectivity index (χ1n) is 10.1. The molecule has 2 aromatic heterocycles. The van der Waals surface area contributed by atoms with Crippen molar-refractivity contribution >= 4 is 44.9 Å². The number of aromatic nitrogens is 3. The van der Waals surface area contributed by atoms with Gasteiger partial charge in [0.25, 0.3) is 5.56 Å². The lowest BCUT2D eigenvalue weighted by molar-refractivity contribution is -0.283. The summed E-state index contributed by atoms with van der Waals surface area (Å²) in [4.78, 5) is 17.6. The van der Waals surface area contributed by atoms with E-state index in [2.05, 4.69) is 10.1 Å². The standard InChI is InChI=1S/C23H18F2IN5O2/c1-30-21-17(20(18(25)23(30)33)28-16-8-5-12(26)10-15(16)24)22(32)31(14-6-7-14)29-19(21)11-3-2-4-13(27)9-11/h2-5,8-10,14,33H,6-7,27H2,1H3/p-1. The molecule has 0 radical (unpaired) electrons. The van der Waals surface area contributed by atoms with E-state index in [0.717, 1.165) is 17.4 Å². The Labute approximate surface area is 200 Å². The first-order chi connectivity index (χ1) is 15.8. The van der Waals surface area contributed by atoms with Crippen molar-refractivity contribution in [1.82, 2.24) is 14.3 Å². The number of benzene rings is 2. The van der Waals surface area contributed by atoms with Crippen LogP contribution in [-0.4, -0.2) is 14.3 Å². The number of halogens is 3. The van der Waals surface area contributed by atoms with E-state index < -0.39 is 28.4 Å². The summed E-state index contributed by atoms with van der Waals surface area (Å²) in [6.45, 7) is 0. The van der Waals surface area contributed by atoms with Gasteiger partial charge in [0, 0.05) is 27.7 Å². The summed E-state index contributed by atoms with van der Waals surface area (Å²) in [5.74, 6) is -2.92.